The average molecular weight is 916 g/mol. The van der Waals surface area contributed by atoms with Crippen LogP contribution in [0, 0.1) is 23.1 Å². The monoisotopic (exact) mass is 915 g/mol. The third-order valence-electron chi connectivity index (χ3n) is 14.7. The summed E-state index contributed by atoms with van der Waals surface area (Å²) in [7, 11) is 2.22. The number of carbonyl (C=O) groups excluding carboxylic acids is 1. The van der Waals surface area contributed by atoms with Crippen LogP contribution < -0.4 is 14.4 Å². The van der Waals surface area contributed by atoms with Gasteiger partial charge in [0.1, 0.15) is 49.4 Å². The van der Waals surface area contributed by atoms with E-state index in [1.807, 2.05) is 4.90 Å². The number of carboxylic acid groups (broad SMARTS) is 1. The van der Waals surface area contributed by atoms with Crippen molar-refractivity contribution in [2.75, 3.05) is 65.5 Å². The maximum atomic E-state index is 18.0. The fraction of sp³-hybridized carbons (Fsp3) is 0.562. The number of alkyl halides is 1. The second-order valence-corrected chi connectivity index (χ2v) is 25.2. The van der Waals surface area contributed by atoms with E-state index < -0.39 is 55.2 Å². The van der Waals surface area contributed by atoms with Gasteiger partial charge < -0.3 is 29.1 Å². The van der Waals surface area contributed by atoms with Gasteiger partial charge in [0, 0.05) is 64.4 Å². The predicted molar refractivity (Wildman–Crippen MR) is 246 cm³/mol. The van der Waals surface area contributed by atoms with E-state index in [9.17, 15) is 19.1 Å². The second-order valence-electron chi connectivity index (χ2n) is 19.7. The first-order valence-corrected chi connectivity index (χ1v) is 24.9. The Morgan fingerprint density at radius 1 is 1.02 bits per heavy atom. The minimum Gasteiger partial charge on any atom is -0.465 e. The highest BCUT2D eigenvalue weighted by Gasteiger charge is 2.55. The van der Waals surface area contributed by atoms with Gasteiger partial charge in [0.05, 0.1) is 34.7 Å². The van der Waals surface area contributed by atoms with Crippen molar-refractivity contribution in [3.8, 4) is 34.5 Å². The van der Waals surface area contributed by atoms with Crippen molar-refractivity contribution in [1.29, 1.82) is 0 Å². The van der Waals surface area contributed by atoms with Gasteiger partial charge in [-0.15, -0.1) is 5.54 Å². The molecule has 1 N–H and O–H groups in total. The van der Waals surface area contributed by atoms with Crippen LogP contribution in [0.5, 0.6) is 11.8 Å². The number of halogens is 3. The first-order valence-electron chi connectivity index (χ1n) is 22.7. The SMILES string of the molecule is COC[C@@]12CC[C@@H](CN(c3nc(OC[C@@]45CCCN4C[C@H](F)C5)nc4c(F)c(-c5cc(OC(=O)N(C)C)cc6ccc(F)c(C#C[Si](C(C)C)(C(C)C)C(C)C)c56)ncc34)C1)N2C(=O)O. The van der Waals surface area contributed by atoms with Gasteiger partial charge >= 0.3 is 18.2 Å². The highest BCUT2D eigenvalue weighted by Crippen LogP contribution is 2.46. The van der Waals surface area contributed by atoms with Gasteiger partial charge in [0.25, 0.3) is 0 Å². The molecule has 2 aromatic carbocycles. The number of hydrogen-bond donors (Lipinski definition) is 1. The topological polar surface area (TPSA) is 134 Å². The highest BCUT2D eigenvalue weighted by atomic mass is 28.3. The van der Waals surface area contributed by atoms with Crippen molar-refractivity contribution in [3.05, 3.63) is 47.7 Å². The van der Waals surface area contributed by atoms with E-state index in [4.69, 9.17) is 29.2 Å². The number of hydrogen-bond acceptors (Lipinski definition) is 10. The number of rotatable bonds is 11. The smallest absolute Gasteiger partial charge is 0.414 e. The molecule has 8 rings (SSSR count). The van der Waals surface area contributed by atoms with Gasteiger partial charge in [-0.3, -0.25) is 14.8 Å². The maximum absolute atomic E-state index is 18.0. The van der Waals surface area contributed by atoms with E-state index in [-0.39, 0.29) is 82.4 Å². The van der Waals surface area contributed by atoms with Crippen LogP contribution in [0.15, 0.2) is 30.5 Å². The Morgan fingerprint density at radius 3 is 2.43 bits per heavy atom. The van der Waals surface area contributed by atoms with E-state index in [1.54, 1.807) is 26.2 Å². The van der Waals surface area contributed by atoms with Gasteiger partial charge in [-0.1, -0.05) is 53.5 Å². The normalized spacial score (nSPS) is 23.2. The molecule has 4 saturated heterocycles. The van der Waals surface area contributed by atoms with E-state index in [0.717, 1.165) is 19.4 Å². The second kappa shape index (κ2) is 17.6. The number of ether oxygens (including phenoxy) is 3. The Morgan fingerprint density at radius 2 is 1.75 bits per heavy atom. The van der Waals surface area contributed by atoms with Crippen LogP contribution in [0.4, 0.5) is 28.6 Å². The van der Waals surface area contributed by atoms with Gasteiger partial charge in [-0.05, 0) is 72.4 Å². The van der Waals surface area contributed by atoms with Crippen LogP contribution in [0.25, 0.3) is 32.9 Å². The lowest BCUT2D eigenvalue weighted by atomic mass is 9.95. The molecule has 4 aromatic rings. The van der Waals surface area contributed by atoms with Crippen molar-refractivity contribution in [1.82, 2.24) is 29.7 Å². The zero-order chi connectivity index (χ0) is 46.7. The van der Waals surface area contributed by atoms with Crippen LogP contribution in [-0.4, -0.2) is 139 Å². The molecule has 6 heterocycles. The summed E-state index contributed by atoms with van der Waals surface area (Å²) in [4.78, 5) is 46.7. The molecule has 2 bridgehead atoms. The van der Waals surface area contributed by atoms with Crippen molar-refractivity contribution >= 4 is 47.8 Å². The van der Waals surface area contributed by atoms with Crippen molar-refractivity contribution in [2.45, 2.75) is 114 Å². The number of carbonyl (C=O) groups is 2. The maximum Gasteiger partial charge on any atom is 0.414 e. The Kier molecular flexibility index (Phi) is 12.5. The molecule has 0 aliphatic carbocycles. The number of piperazine rings is 1. The standard InChI is InChI=1S/C48H60F3N7O6Si/c1-28(2)65(29(3)4,30(5)6)18-14-35-38(50)12-11-31-19-34(64-46(61)55(7)8)20-36(39(31)35)41-40(51)42-37(22-52-41)43(56-24-33-13-16-48(25-56,26-62-9)58(33)45(59)60)54-44(53-42)63-27-47-15-10-17-57(47)23-32(49)21-47/h11-12,19-20,22,28-30,32-33H,10,13,15-17,21,23-27H2,1-9H3,(H,59,60)/t32-,33+,47+,48-/m1/s1. The number of aromatic nitrogens is 3. The van der Waals surface area contributed by atoms with Crippen LogP contribution in [0.2, 0.25) is 16.6 Å². The van der Waals surface area contributed by atoms with Gasteiger partial charge in [-0.25, -0.2) is 22.8 Å². The summed E-state index contributed by atoms with van der Waals surface area (Å²) in [5, 5.41) is 11.3. The number of methoxy groups -OCH3 is 1. The van der Waals surface area contributed by atoms with Gasteiger partial charge in [0.15, 0.2) is 5.82 Å². The Hall–Kier alpha value is -5.18. The number of pyridine rings is 1. The molecule has 348 valence electrons. The minimum atomic E-state index is -2.39. The first-order chi connectivity index (χ1) is 30.8. The van der Waals surface area contributed by atoms with E-state index in [0.29, 0.717) is 42.4 Å². The largest absolute Gasteiger partial charge is 0.465 e. The molecule has 0 spiro atoms. The molecule has 2 amide bonds. The van der Waals surface area contributed by atoms with Gasteiger partial charge in [0.2, 0.25) is 0 Å². The van der Waals surface area contributed by atoms with Crippen LogP contribution >= 0.6 is 0 Å². The molecule has 17 heteroatoms. The molecule has 13 nitrogen and oxygen atoms in total. The molecular weight excluding hydrogens is 856 g/mol. The highest BCUT2D eigenvalue weighted by molar-refractivity contribution is 6.90. The molecule has 4 aliphatic rings. The number of anilines is 1. The minimum absolute atomic E-state index is 0.0776. The summed E-state index contributed by atoms with van der Waals surface area (Å²) in [5.74, 6) is 2.21. The lowest BCUT2D eigenvalue weighted by Gasteiger charge is -2.47. The van der Waals surface area contributed by atoms with Crippen molar-refractivity contribution in [2.24, 2.45) is 0 Å². The lowest BCUT2D eigenvalue weighted by molar-refractivity contribution is 0.0178. The fourth-order valence-electron chi connectivity index (χ4n) is 11.8. The summed E-state index contributed by atoms with van der Waals surface area (Å²) < 4.78 is 67.0. The van der Waals surface area contributed by atoms with E-state index in [1.165, 1.54) is 35.2 Å². The summed E-state index contributed by atoms with van der Waals surface area (Å²) in [5.41, 5.74) is 2.81. The molecule has 0 unspecified atom stereocenters. The number of nitrogens with zero attached hydrogens (tertiary/aromatic N) is 7. The fourth-order valence-corrected chi connectivity index (χ4v) is 17.0. The molecule has 4 atom stereocenters. The van der Waals surface area contributed by atoms with E-state index >= 15 is 8.78 Å². The molecule has 4 fully saturated rings. The number of fused-ring (bicyclic) bond motifs is 5. The summed E-state index contributed by atoms with van der Waals surface area (Å²) in [6.07, 6.45) is 1.81. The number of benzene rings is 2. The Labute approximate surface area is 379 Å². The summed E-state index contributed by atoms with van der Waals surface area (Å²) >= 11 is 0. The third kappa shape index (κ3) is 8.03. The lowest BCUT2D eigenvalue weighted by Crippen LogP contribution is -2.65. The zero-order valence-corrected chi connectivity index (χ0v) is 39.8. The Bertz CT molecular complexity index is 2560. The van der Waals surface area contributed by atoms with E-state index in [2.05, 4.69) is 57.9 Å². The zero-order valence-electron chi connectivity index (χ0n) is 38.8. The molecule has 4 aliphatic heterocycles. The molecular formula is C48H60F3N7O6Si. The first kappa shape index (κ1) is 46.4. The Balaban J connectivity index is 1.34. The van der Waals surface area contributed by atoms with Gasteiger partial charge in [-0.2, -0.15) is 9.97 Å². The third-order valence-corrected chi connectivity index (χ3v) is 21.0. The molecule has 0 saturated carbocycles. The quantitative estimate of drug-likeness (QED) is 0.114. The van der Waals surface area contributed by atoms with Crippen molar-refractivity contribution < 1.29 is 42.1 Å². The molecule has 0 radical (unpaired) electrons. The summed E-state index contributed by atoms with van der Waals surface area (Å²) in [6, 6.07) is 5.42. The van der Waals surface area contributed by atoms with Crippen LogP contribution in [0.3, 0.4) is 0 Å². The van der Waals surface area contributed by atoms with Crippen LogP contribution in [0.1, 0.15) is 79.2 Å². The van der Waals surface area contributed by atoms with Crippen LogP contribution in [-0.2, 0) is 4.74 Å². The molecule has 65 heavy (non-hydrogen) atoms. The average Bonchev–Trinajstić information content (AvgIpc) is 3.85. The summed E-state index contributed by atoms with van der Waals surface area (Å²) in [6.45, 7) is 14.7. The predicted octanol–water partition coefficient (Wildman–Crippen LogP) is 9.06. The van der Waals surface area contributed by atoms with Crippen molar-refractivity contribution in [3.63, 3.8) is 0 Å². The number of amides is 2. The molecule has 2 aromatic heterocycles.